The van der Waals surface area contributed by atoms with E-state index in [1.165, 1.54) is 6.08 Å². The first kappa shape index (κ1) is 17.0. The molecule has 124 valence electrons. The van der Waals surface area contributed by atoms with Gasteiger partial charge in [-0.2, -0.15) is 0 Å². The predicted molar refractivity (Wildman–Crippen MR) is 78.0 cm³/mol. The van der Waals surface area contributed by atoms with Crippen molar-refractivity contribution in [1.29, 1.82) is 0 Å². The smallest absolute Gasteiger partial charge is 0.330 e. The molecule has 0 bridgehead atoms. The van der Waals surface area contributed by atoms with Crippen molar-refractivity contribution in [3.8, 4) is 0 Å². The minimum Gasteiger partial charge on any atom is -0.481 e. The number of hydrogen-bond acceptors (Lipinski definition) is 5. The summed E-state index contributed by atoms with van der Waals surface area (Å²) in [6, 6.07) is 0. The summed E-state index contributed by atoms with van der Waals surface area (Å²) in [5.74, 6) is -1.85. The third kappa shape index (κ3) is 4.30. The third-order valence-corrected chi connectivity index (χ3v) is 4.39. The summed E-state index contributed by atoms with van der Waals surface area (Å²) in [6.07, 6.45) is 5.79. The highest BCUT2D eigenvalue weighted by molar-refractivity contribution is 5.83. The zero-order valence-corrected chi connectivity index (χ0v) is 13.1. The second-order valence-electron chi connectivity index (χ2n) is 6.36. The van der Waals surface area contributed by atoms with Crippen molar-refractivity contribution >= 4 is 11.9 Å². The molecule has 0 spiro atoms. The van der Waals surface area contributed by atoms with Gasteiger partial charge in [0, 0.05) is 12.7 Å². The lowest BCUT2D eigenvalue weighted by Gasteiger charge is -2.22. The van der Waals surface area contributed by atoms with E-state index in [2.05, 4.69) is 0 Å². The summed E-state index contributed by atoms with van der Waals surface area (Å²) in [5, 5.41) is 9.04. The minimum absolute atomic E-state index is 0.121. The molecular weight excluding hydrogens is 288 g/mol. The van der Waals surface area contributed by atoms with Crippen LogP contribution in [0.5, 0.6) is 0 Å². The Hall–Kier alpha value is -1.40. The Morgan fingerprint density at radius 3 is 2.68 bits per heavy atom. The van der Waals surface area contributed by atoms with Gasteiger partial charge in [0.1, 0.15) is 6.61 Å². The van der Waals surface area contributed by atoms with Crippen LogP contribution < -0.4 is 0 Å². The summed E-state index contributed by atoms with van der Waals surface area (Å²) in [5.41, 5.74) is -0.302. The Bertz CT molecular complexity index is 436. The average molecular weight is 312 g/mol. The van der Waals surface area contributed by atoms with E-state index in [0.29, 0.717) is 6.61 Å². The van der Waals surface area contributed by atoms with E-state index in [0.717, 1.165) is 25.9 Å². The fourth-order valence-electron chi connectivity index (χ4n) is 2.90. The molecule has 0 aromatic heterocycles. The monoisotopic (exact) mass is 312 g/mol. The van der Waals surface area contributed by atoms with Gasteiger partial charge in [0.15, 0.2) is 6.29 Å². The molecule has 1 heterocycles. The first-order valence-corrected chi connectivity index (χ1v) is 7.74. The van der Waals surface area contributed by atoms with Crippen molar-refractivity contribution in [2.45, 2.75) is 39.4 Å². The van der Waals surface area contributed by atoms with Crippen molar-refractivity contribution in [3.63, 3.8) is 0 Å². The molecule has 1 aliphatic carbocycles. The van der Waals surface area contributed by atoms with Crippen LogP contribution in [0.2, 0.25) is 0 Å². The minimum atomic E-state index is -0.825. The van der Waals surface area contributed by atoms with Gasteiger partial charge < -0.3 is 19.3 Å². The van der Waals surface area contributed by atoms with Crippen LogP contribution in [-0.4, -0.2) is 43.2 Å². The first-order chi connectivity index (χ1) is 10.4. The number of esters is 1. The number of hydrogen-bond donors (Lipinski definition) is 1. The molecule has 2 fully saturated rings. The lowest BCUT2D eigenvalue weighted by atomic mass is 10.1. The van der Waals surface area contributed by atoms with E-state index >= 15 is 0 Å². The molecule has 1 N–H and O–H groups in total. The van der Waals surface area contributed by atoms with Gasteiger partial charge in [0.25, 0.3) is 0 Å². The summed E-state index contributed by atoms with van der Waals surface area (Å²) >= 11 is 0. The maximum Gasteiger partial charge on any atom is 0.330 e. The molecular formula is C16H24O6. The summed E-state index contributed by atoms with van der Waals surface area (Å²) < 4.78 is 15.9. The second-order valence-corrected chi connectivity index (χ2v) is 6.36. The molecule has 22 heavy (non-hydrogen) atoms. The Balaban J connectivity index is 1.62. The predicted octanol–water partition coefficient (Wildman–Crippen LogP) is 1.99. The lowest BCUT2D eigenvalue weighted by molar-refractivity contribution is -0.172. The second kappa shape index (κ2) is 7.24. The van der Waals surface area contributed by atoms with Gasteiger partial charge >= 0.3 is 11.9 Å². The highest BCUT2D eigenvalue weighted by Gasteiger charge is 2.60. The molecule has 0 amide bonds. The number of rotatable bonds is 7. The van der Waals surface area contributed by atoms with E-state index in [9.17, 15) is 9.59 Å². The van der Waals surface area contributed by atoms with Crippen LogP contribution in [0, 0.1) is 17.3 Å². The van der Waals surface area contributed by atoms with Crippen molar-refractivity contribution < 1.29 is 28.9 Å². The first-order valence-electron chi connectivity index (χ1n) is 7.74. The Morgan fingerprint density at radius 1 is 1.32 bits per heavy atom. The number of allylic oxidation sites excluding steroid dienone is 1. The quantitative estimate of drug-likeness (QED) is 0.440. The summed E-state index contributed by atoms with van der Waals surface area (Å²) in [4.78, 5) is 22.6. The van der Waals surface area contributed by atoms with Gasteiger partial charge in [-0.15, -0.1) is 0 Å². The molecule has 0 aromatic rings. The maximum atomic E-state index is 11.6. The molecule has 0 aromatic carbocycles. The number of carbonyl (C=O) groups is 2. The Labute approximate surface area is 130 Å². The molecule has 1 aliphatic heterocycles. The normalized spacial score (nSPS) is 30.2. The molecule has 0 radical (unpaired) electrons. The van der Waals surface area contributed by atoms with E-state index in [-0.39, 0.29) is 24.2 Å². The fourth-order valence-corrected chi connectivity index (χ4v) is 2.90. The molecule has 3 unspecified atom stereocenters. The van der Waals surface area contributed by atoms with Crippen LogP contribution in [0.3, 0.4) is 0 Å². The Kier molecular flexibility index (Phi) is 5.58. The van der Waals surface area contributed by atoms with Crippen LogP contribution in [0.1, 0.15) is 33.1 Å². The molecule has 6 heteroatoms. The molecule has 2 rings (SSSR count). The van der Waals surface area contributed by atoms with Gasteiger partial charge in [0.05, 0.1) is 12.5 Å². The standard InChI is InChI=1S/C16H24O6/c1-16(2)11(14(16)15(18)19)6-7-12(17)20-9-10-22-13-5-3-4-8-21-13/h6-7,11,13-14H,3-5,8-10H2,1-2H3,(H,18,19). The van der Waals surface area contributed by atoms with Gasteiger partial charge in [-0.05, 0) is 30.6 Å². The van der Waals surface area contributed by atoms with Crippen LogP contribution in [0.15, 0.2) is 12.2 Å². The maximum absolute atomic E-state index is 11.6. The zero-order valence-electron chi connectivity index (χ0n) is 13.1. The number of ether oxygens (including phenoxy) is 3. The van der Waals surface area contributed by atoms with Crippen LogP contribution in [-0.2, 0) is 23.8 Å². The average Bonchev–Trinajstić information content (AvgIpc) is 3.04. The van der Waals surface area contributed by atoms with Crippen molar-refractivity contribution in [3.05, 3.63) is 12.2 Å². The number of aliphatic carboxylic acids is 1. The highest BCUT2D eigenvalue weighted by Crippen LogP contribution is 2.58. The van der Waals surface area contributed by atoms with Crippen molar-refractivity contribution in [2.24, 2.45) is 17.3 Å². The topological polar surface area (TPSA) is 82.1 Å². The lowest BCUT2D eigenvalue weighted by Crippen LogP contribution is -2.24. The van der Waals surface area contributed by atoms with Crippen LogP contribution >= 0.6 is 0 Å². The largest absolute Gasteiger partial charge is 0.481 e. The van der Waals surface area contributed by atoms with Gasteiger partial charge in [0.2, 0.25) is 0 Å². The fraction of sp³-hybridized carbons (Fsp3) is 0.750. The third-order valence-electron chi connectivity index (χ3n) is 4.39. The highest BCUT2D eigenvalue weighted by atomic mass is 16.7. The van der Waals surface area contributed by atoms with Gasteiger partial charge in [-0.1, -0.05) is 19.9 Å². The number of carboxylic acid groups (broad SMARTS) is 1. The van der Waals surface area contributed by atoms with E-state index in [4.69, 9.17) is 19.3 Å². The SMILES string of the molecule is CC1(C)C(C=CC(=O)OCCOC2CCCCO2)C1C(=O)O. The van der Waals surface area contributed by atoms with Crippen molar-refractivity contribution in [2.75, 3.05) is 19.8 Å². The number of carbonyl (C=O) groups excluding carboxylic acids is 1. The van der Waals surface area contributed by atoms with E-state index < -0.39 is 17.9 Å². The number of carboxylic acids is 1. The van der Waals surface area contributed by atoms with Crippen molar-refractivity contribution in [1.82, 2.24) is 0 Å². The molecule has 3 atom stereocenters. The van der Waals surface area contributed by atoms with Gasteiger partial charge in [-0.3, -0.25) is 4.79 Å². The molecule has 2 aliphatic rings. The summed E-state index contributed by atoms with van der Waals surface area (Å²) in [7, 11) is 0. The Morgan fingerprint density at radius 2 is 2.09 bits per heavy atom. The summed E-state index contributed by atoms with van der Waals surface area (Å²) in [6.45, 7) is 4.94. The van der Waals surface area contributed by atoms with E-state index in [1.807, 2.05) is 13.8 Å². The van der Waals surface area contributed by atoms with Crippen LogP contribution in [0.25, 0.3) is 0 Å². The van der Waals surface area contributed by atoms with E-state index in [1.54, 1.807) is 6.08 Å². The van der Waals surface area contributed by atoms with Gasteiger partial charge in [-0.25, -0.2) is 4.79 Å². The molecule has 1 saturated heterocycles. The van der Waals surface area contributed by atoms with Crippen LogP contribution in [0.4, 0.5) is 0 Å². The molecule has 6 nitrogen and oxygen atoms in total. The molecule has 1 saturated carbocycles. The zero-order chi connectivity index (χ0) is 16.2.